The number of hydrogen-bond acceptors (Lipinski definition) is 6. The molecule has 0 aliphatic rings. The molecule has 0 saturated carbocycles. The number of carbonyl (C=O) groups is 1. The first-order chi connectivity index (χ1) is 15.2. The lowest BCUT2D eigenvalue weighted by molar-refractivity contribution is -0.116. The Bertz CT molecular complexity index is 1120. The maximum absolute atomic E-state index is 12.3. The van der Waals surface area contributed by atoms with Crippen LogP contribution in [0.25, 0.3) is 11.4 Å². The van der Waals surface area contributed by atoms with Gasteiger partial charge in [-0.1, -0.05) is 17.3 Å². The fourth-order valence-electron chi connectivity index (χ4n) is 3.17. The number of aryl methyl sites for hydroxylation is 1. The standard InChI is InChI=1S/C23H23N5O3/c1-30-20-11-9-18(10-12-20)23-26-22(31-27-23)8-3-7-21(29)25-19-6-2-5-17(15-19)16-28-14-4-13-24-28/h2,4-6,9-15H,3,7-8,16H2,1H3,(H,25,29). The number of rotatable bonds is 9. The number of hydrogen-bond donors (Lipinski definition) is 1. The topological polar surface area (TPSA) is 95.1 Å². The van der Waals surface area contributed by atoms with E-state index in [4.69, 9.17) is 9.26 Å². The first kappa shape index (κ1) is 20.3. The monoisotopic (exact) mass is 417 g/mol. The number of methoxy groups -OCH3 is 1. The van der Waals surface area contributed by atoms with E-state index >= 15 is 0 Å². The summed E-state index contributed by atoms with van der Waals surface area (Å²) in [5.74, 6) is 1.76. The molecule has 0 saturated heterocycles. The molecule has 2 aromatic heterocycles. The summed E-state index contributed by atoms with van der Waals surface area (Å²) in [5.41, 5.74) is 2.69. The average molecular weight is 417 g/mol. The zero-order valence-corrected chi connectivity index (χ0v) is 17.2. The van der Waals surface area contributed by atoms with Crippen molar-refractivity contribution in [1.29, 1.82) is 0 Å². The zero-order chi connectivity index (χ0) is 21.5. The minimum absolute atomic E-state index is 0.0499. The van der Waals surface area contributed by atoms with Crippen molar-refractivity contribution in [3.8, 4) is 17.1 Å². The van der Waals surface area contributed by atoms with Crippen molar-refractivity contribution in [2.45, 2.75) is 25.8 Å². The first-order valence-corrected chi connectivity index (χ1v) is 10.0. The predicted molar refractivity (Wildman–Crippen MR) is 116 cm³/mol. The average Bonchev–Trinajstić information content (AvgIpc) is 3.46. The smallest absolute Gasteiger partial charge is 0.226 e. The maximum atomic E-state index is 12.3. The van der Waals surface area contributed by atoms with Crippen LogP contribution in [0.2, 0.25) is 0 Å². The third-order valence-corrected chi connectivity index (χ3v) is 4.73. The summed E-state index contributed by atoms with van der Waals surface area (Å²) in [6.07, 6.45) is 5.17. The minimum Gasteiger partial charge on any atom is -0.497 e. The van der Waals surface area contributed by atoms with Gasteiger partial charge in [-0.2, -0.15) is 10.1 Å². The van der Waals surface area contributed by atoms with Gasteiger partial charge in [0.05, 0.1) is 13.7 Å². The maximum Gasteiger partial charge on any atom is 0.226 e. The number of benzene rings is 2. The second kappa shape index (κ2) is 9.71. The molecular weight excluding hydrogens is 394 g/mol. The highest BCUT2D eigenvalue weighted by Gasteiger charge is 2.10. The van der Waals surface area contributed by atoms with Crippen LogP contribution in [-0.4, -0.2) is 32.9 Å². The van der Waals surface area contributed by atoms with Gasteiger partial charge in [0.1, 0.15) is 5.75 Å². The summed E-state index contributed by atoms with van der Waals surface area (Å²) in [7, 11) is 1.62. The molecule has 0 unspecified atom stereocenters. The van der Waals surface area contributed by atoms with Crippen LogP contribution in [0, 0.1) is 0 Å². The molecule has 1 amide bonds. The lowest BCUT2D eigenvalue weighted by Crippen LogP contribution is -2.12. The third kappa shape index (κ3) is 5.57. The molecular formula is C23H23N5O3. The largest absolute Gasteiger partial charge is 0.497 e. The van der Waals surface area contributed by atoms with E-state index in [2.05, 4.69) is 20.6 Å². The van der Waals surface area contributed by atoms with Gasteiger partial charge in [-0.25, -0.2) is 0 Å². The van der Waals surface area contributed by atoms with Crippen LogP contribution in [0.1, 0.15) is 24.3 Å². The van der Waals surface area contributed by atoms with Gasteiger partial charge in [-0.05, 0) is 54.4 Å². The highest BCUT2D eigenvalue weighted by atomic mass is 16.5. The predicted octanol–water partition coefficient (Wildman–Crippen LogP) is 3.95. The molecule has 2 aromatic carbocycles. The number of anilines is 1. The Morgan fingerprint density at radius 2 is 2.03 bits per heavy atom. The Hall–Kier alpha value is -3.94. The molecule has 0 bridgehead atoms. The van der Waals surface area contributed by atoms with Crippen LogP contribution >= 0.6 is 0 Å². The molecule has 0 radical (unpaired) electrons. The molecule has 8 nitrogen and oxygen atoms in total. The van der Waals surface area contributed by atoms with Crippen molar-refractivity contribution in [2.75, 3.05) is 12.4 Å². The van der Waals surface area contributed by atoms with Crippen LogP contribution in [-0.2, 0) is 17.8 Å². The van der Waals surface area contributed by atoms with Gasteiger partial charge in [-0.3, -0.25) is 9.48 Å². The number of nitrogens with zero attached hydrogens (tertiary/aromatic N) is 4. The third-order valence-electron chi connectivity index (χ3n) is 4.73. The molecule has 0 fully saturated rings. The highest BCUT2D eigenvalue weighted by molar-refractivity contribution is 5.90. The van der Waals surface area contributed by atoms with E-state index in [0.717, 1.165) is 22.6 Å². The summed E-state index contributed by atoms with van der Waals surface area (Å²) < 4.78 is 12.3. The van der Waals surface area contributed by atoms with Gasteiger partial charge in [0.15, 0.2) is 0 Å². The van der Waals surface area contributed by atoms with E-state index < -0.39 is 0 Å². The second-order valence-corrected chi connectivity index (χ2v) is 7.05. The van der Waals surface area contributed by atoms with Gasteiger partial charge in [0, 0.05) is 36.5 Å². The molecule has 0 aliphatic carbocycles. The fraction of sp³-hybridized carbons (Fsp3) is 0.217. The number of nitrogens with one attached hydrogen (secondary N) is 1. The van der Waals surface area contributed by atoms with Crippen LogP contribution in [0.3, 0.4) is 0 Å². The van der Waals surface area contributed by atoms with Crippen molar-refractivity contribution in [1.82, 2.24) is 19.9 Å². The fourth-order valence-corrected chi connectivity index (χ4v) is 3.17. The number of aromatic nitrogens is 4. The van der Waals surface area contributed by atoms with E-state index in [-0.39, 0.29) is 5.91 Å². The number of carbonyl (C=O) groups excluding carboxylic acids is 1. The Kier molecular flexibility index (Phi) is 6.37. The molecule has 8 heteroatoms. The summed E-state index contributed by atoms with van der Waals surface area (Å²) in [5, 5.41) is 11.2. The van der Waals surface area contributed by atoms with E-state index in [1.54, 1.807) is 13.3 Å². The SMILES string of the molecule is COc1ccc(-c2noc(CCCC(=O)Nc3cccc(Cn4cccn4)c3)n2)cc1. The Morgan fingerprint density at radius 3 is 2.81 bits per heavy atom. The molecule has 0 spiro atoms. The zero-order valence-electron chi connectivity index (χ0n) is 17.2. The number of ether oxygens (including phenoxy) is 1. The molecule has 0 aliphatic heterocycles. The first-order valence-electron chi connectivity index (χ1n) is 10.0. The van der Waals surface area contributed by atoms with Crippen molar-refractivity contribution in [3.05, 3.63) is 78.4 Å². The highest BCUT2D eigenvalue weighted by Crippen LogP contribution is 2.20. The van der Waals surface area contributed by atoms with E-state index in [9.17, 15) is 4.79 Å². The Labute approximate surface area is 179 Å². The van der Waals surface area contributed by atoms with Crippen molar-refractivity contribution < 1.29 is 14.1 Å². The van der Waals surface area contributed by atoms with Gasteiger partial charge in [0.2, 0.25) is 17.6 Å². The molecule has 31 heavy (non-hydrogen) atoms. The van der Waals surface area contributed by atoms with Gasteiger partial charge in [0.25, 0.3) is 0 Å². The lowest BCUT2D eigenvalue weighted by atomic mass is 10.2. The normalized spacial score (nSPS) is 10.7. The van der Waals surface area contributed by atoms with Crippen molar-refractivity contribution >= 4 is 11.6 Å². The van der Waals surface area contributed by atoms with Gasteiger partial charge >= 0.3 is 0 Å². The van der Waals surface area contributed by atoms with E-state index in [1.165, 1.54) is 0 Å². The molecule has 4 aromatic rings. The number of amides is 1. The van der Waals surface area contributed by atoms with Gasteiger partial charge < -0.3 is 14.6 Å². The summed E-state index contributed by atoms with van der Waals surface area (Å²) in [4.78, 5) is 16.7. The van der Waals surface area contributed by atoms with Crippen LogP contribution in [0.5, 0.6) is 5.75 Å². The van der Waals surface area contributed by atoms with Crippen LogP contribution in [0.15, 0.2) is 71.5 Å². The van der Waals surface area contributed by atoms with E-state index in [1.807, 2.05) is 65.5 Å². The molecule has 1 N–H and O–H groups in total. The van der Waals surface area contributed by atoms with Gasteiger partial charge in [-0.15, -0.1) is 0 Å². The van der Waals surface area contributed by atoms with Crippen LogP contribution in [0.4, 0.5) is 5.69 Å². The Balaban J connectivity index is 1.25. The van der Waals surface area contributed by atoms with Crippen LogP contribution < -0.4 is 10.1 Å². The van der Waals surface area contributed by atoms with Crippen molar-refractivity contribution in [3.63, 3.8) is 0 Å². The molecule has 0 atom stereocenters. The molecule has 4 rings (SSSR count). The lowest BCUT2D eigenvalue weighted by Gasteiger charge is -2.07. The second-order valence-electron chi connectivity index (χ2n) is 7.05. The van der Waals surface area contributed by atoms with Crippen molar-refractivity contribution in [2.24, 2.45) is 0 Å². The quantitative estimate of drug-likeness (QED) is 0.443. The molecule has 158 valence electrons. The summed E-state index contributed by atoms with van der Waals surface area (Å²) in [6.45, 7) is 0.657. The van der Waals surface area contributed by atoms with E-state index in [0.29, 0.717) is 37.5 Å². The summed E-state index contributed by atoms with van der Waals surface area (Å²) in [6, 6.07) is 17.1. The molecule has 2 heterocycles. The minimum atomic E-state index is -0.0499. The Morgan fingerprint density at radius 1 is 1.16 bits per heavy atom. The summed E-state index contributed by atoms with van der Waals surface area (Å²) >= 11 is 0.